The van der Waals surface area contributed by atoms with Crippen LogP contribution in [0.1, 0.15) is 12.7 Å². The van der Waals surface area contributed by atoms with Gasteiger partial charge in [0.05, 0.1) is 13.3 Å². The molecule has 0 fully saturated rings. The maximum absolute atomic E-state index is 5.34. The van der Waals surface area contributed by atoms with Gasteiger partial charge in [-0.1, -0.05) is 5.16 Å². The standard InChI is InChI=1S/C16H18N4O2S/c1-10(17-2)8-14-19-15(22-20-14)13-9-18-16(23-13)11-4-6-12(21-3)7-5-11/h4-7,9-10,17H,8H2,1-3H3. The number of nitrogens with zero attached hydrogens (tertiary/aromatic N) is 3. The summed E-state index contributed by atoms with van der Waals surface area (Å²) in [5.74, 6) is 2.03. The highest BCUT2D eigenvalue weighted by molar-refractivity contribution is 7.18. The Hall–Kier alpha value is -2.25. The van der Waals surface area contributed by atoms with Crippen molar-refractivity contribution in [2.45, 2.75) is 19.4 Å². The number of ether oxygens (including phenoxy) is 1. The Morgan fingerprint density at radius 1 is 1.30 bits per heavy atom. The summed E-state index contributed by atoms with van der Waals surface area (Å²) in [5, 5.41) is 8.09. The van der Waals surface area contributed by atoms with E-state index < -0.39 is 0 Å². The van der Waals surface area contributed by atoms with Crippen molar-refractivity contribution in [2.24, 2.45) is 0 Å². The molecule has 0 saturated heterocycles. The SMILES string of the molecule is CNC(C)Cc1noc(-c2cnc(-c3ccc(OC)cc3)s2)n1. The summed E-state index contributed by atoms with van der Waals surface area (Å²) in [6, 6.07) is 8.10. The van der Waals surface area contributed by atoms with Gasteiger partial charge in [0.25, 0.3) is 5.89 Å². The number of rotatable bonds is 6. The van der Waals surface area contributed by atoms with Crippen molar-refractivity contribution in [2.75, 3.05) is 14.2 Å². The third kappa shape index (κ3) is 3.57. The molecule has 0 aliphatic heterocycles. The smallest absolute Gasteiger partial charge is 0.269 e. The fourth-order valence-corrected chi connectivity index (χ4v) is 2.90. The normalized spacial score (nSPS) is 12.3. The molecular weight excluding hydrogens is 312 g/mol. The zero-order valence-corrected chi connectivity index (χ0v) is 14.1. The molecule has 1 atom stereocenters. The van der Waals surface area contributed by atoms with Gasteiger partial charge in [0.1, 0.15) is 15.6 Å². The molecule has 0 bridgehead atoms. The van der Waals surface area contributed by atoms with Crippen LogP contribution in [0.2, 0.25) is 0 Å². The number of hydrogen-bond donors (Lipinski definition) is 1. The molecule has 3 aromatic rings. The van der Waals surface area contributed by atoms with E-state index in [4.69, 9.17) is 9.26 Å². The molecule has 23 heavy (non-hydrogen) atoms. The molecule has 0 amide bonds. The second kappa shape index (κ2) is 6.89. The number of nitrogens with one attached hydrogen (secondary N) is 1. The number of aromatic nitrogens is 3. The Labute approximate surface area is 138 Å². The molecule has 1 aromatic carbocycles. The fourth-order valence-electron chi connectivity index (χ4n) is 2.05. The first-order valence-corrected chi connectivity index (χ1v) is 8.11. The van der Waals surface area contributed by atoms with Crippen LogP contribution in [0.4, 0.5) is 0 Å². The molecule has 0 aliphatic rings. The lowest BCUT2D eigenvalue weighted by molar-refractivity contribution is 0.415. The number of likely N-dealkylation sites (N-methyl/N-ethyl adjacent to an activating group) is 1. The number of thiazole rings is 1. The Kier molecular flexibility index (Phi) is 4.68. The summed E-state index contributed by atoms with van der Waals surface area (Å²) in [4.78, 5) is 9.75. The van der Waals surface area contributed by atoms with Gasteiger partial charge in [-0.05, 0) is 38.2 Å². The van der Waals surface area contributed by atoms with Crippen LogP contribution < -0.4 is 10.1 Å². The van der Waals surface area contributed by atoms with E-state index in [9.17, 15) is 0 Å². The van der Waals surface area contributed by atoms with Crippen molar-refractivity contribution in [1.82, 2.24) is 20.4 Å². The Balaban J connectivity index is 1.78. The van der Waals surface area contributed by atoms with Crippen LogP contribution in [-0.4, -0.2) is 35.3 Å². The molecule has 0 aliphatic carbocycles. The Morgan fingerprint density at radius 3 is 2.78 bits per heavy atom. The second-order valence-corrected chi connectivity index (χ2v) is 6.20. The third-order valence-electron chi connectivity index (χ3n) is 3.50. The van der Waals surface area contributed by atoms with E-state index in [1.54, 1.807) is 13.3 Å². The van der Waals surface area contributed by atoms with Crippen molar-refractivity contribution in [3.8, 4) is 27.1 Å². The van der Waals surface area contributed by atoms with Crippen LogP contribution in [-0.2, 0) is 6.42 Å². The van der Waals surface area contributed by atoms with Crippen molar-refractivity contribution >= 4 is 11.3 Å². The minimum absolute atomic E-state index is 0.303. The van der Waals surface area contributed by atoms with Crippen LogP contribution in [0.3, 0.4) is 0 Å². The fraction of sp³-hybridized carbons (Fsp3) is 0.312. The zero-order valence-electron chi connectivity index (χ0n) is 13.2. The maximum atomic E-state index is 5.34. The molecule has 120 valence electrons. The van der Waals surface area contributed by atoms with Crippen LogP contribution in [0.25, 0.3) is 21.3 Å². The molecule has 0 saturated carbocycles. The van der Waals surface area contributed by atoms with Gasteiger partial charge in [-0.3, -0.25) is 0 Å². The molecular formula is C16H18N4O2S. The minimum atomic E-state index is 0.303. The van der Waals surface area contributed by atoms with E-state index in [1.807, 2.05) is 31.3 Å². The predicted molar refractivity (Wildman–Crippen MR) is 89.6 cm³/mol. The molecule has 7 heteroatoms. The summed E-state index contributed by atoms with van der Waals surface area (Å²) in [6.45, 7) is 2.07. The summed E-state index contributed by atoms with van der Waals surface area (Å²) in [7, 11) is 3.56. The quantitative estimate of drug-likeness (QED) is 0.749. The minimum Gasteiger partial charge on any atom is -0.497 e. The van der Waals surface area contributed by atoms with Crippen molar-refractivity contribution in [3.05, 3.63) is 36.3 Å². The number of hydrogen-bond acceptors (Lipinski definition) is 7. The Morgan fingerprint density at radius 2 is 2.09 bits per heavy atom. The topological polar surface area (TPSA) is 73.1 Å². The lowest BCUT2D eigenvalue weighted by Crippen LogP contribution is -2.24. The van der Waals surface area contributed by atoms with E-state index in [1.165, 1.54) is 11.3 Å². The largest absolute Gasteiger partial charge is 0.497 e. The summed E-state index contributed by atoms with van der Waals surface area (Å²) in [6.07, 6.45) is 2.49. The molecule has 3 rings (SSSR count). The molecule has 1 N–H and O–H groups in total. The van der Waals surface area contributed by atoms with Gasteiger partial charge in [0.2, 0.25) is 0 Å². The van der Waals surface area contributed by atoms with Crippen LogP contribution in [0.5, 0.6) is 5.75 Å². The molecule has 2 heterocycles. The lowest BCUT2D eigenvalue weighted by atomic mass is 10.2. The second-order valence-electron chi connectivity index (χ2n) is 5.17. The first kappa shape index (κ1) is 15.6. The molecule has 6 nitrogen and oxygen atoms in total. The van der Waals surface area contributed by atoms with Crippen molar-refractivity contribution in [1.29, 1.82) is 0 Å². The van der Waals surface area contributed by atoms with E-state index in [0.29, 0.717) is 17.8 Å². The molecule has 0 radical (unpaired) electrons. The summed E-state index contributed by atoms with van der Waals surface area (Å²) in [5.41, 5.74) is 1.03. The predicted octanol–water partition coefficient (Wildman–Crippen LogP) is 3.02. The first-order valence-electron chi connectivity index (χ1n) is 7.30. The third-order valence-corrected chi connectivity index (χ3v) is 4.54. The van der Waals surface area contributed by atoms with Gasteiger partial charge < -0.3 is 14.6 Å². The summed E-state index contributed by atoms with van der Waals surface area (Å²) < 4.78 is 10.5. The van der Waals surface area contributed by atoms with Gasteiger partial charge in [-0.2, -0.15) is 4.98 Å². The van der Waals surface area contributed by atoms with Gasteiger partial charge in [-0.25, -0.2) is 4.98 Å². The van der Waals surface area contributed by atoms with E-state index in [0.717, 1.165) is 27.6 Å². The number of methoxy groups -OCH3 is 1. The molecule has 2 aromatic heterocycles. The number of benzene rings is 1. The highest BCUT2D eigenvalue weighted by Crippen LogP contribution is 2.31. The average Bonchev–Trinajstić information content (AvgIpc) is 3.24. The van der Waals surface area contributed by atoms with Crippen LogP contribution in [0, 0.1) is 0 Å². The lowest BCUT2D eigenvalue weighted by Gasteiger charge is -2.04. The highest BCUT2D eigenvalue weighted by Gasteiger charge is 2.14. The Bertz CT molecular complexity index is 766. The van der Waals surface area contributed by atoms with E-state index >= 15 is 0 Å². The van der Waals surface area contributed by atoms with Gasteiger partial charge in [-0.15, -0.1) is 11.3 Å². The first-order chi connectivity index (χ1) is 11.2. The van der Waals surface area contributed by atoms with Crippen molar-refractivity contribution in [3.63, 3.8) is 0 Å². The van der Waals surface area contributed by atoms with Crippen LogP contribution >= 0.6 is 11.3 Å². The van der Waals surface area contributed by atoms with Gasteiger partial charge in [0.15, 0.2) is 5.82 Å². The molecule has 1 unspecified atom stereocenters. The average molecular weight is 330 g/mol. The zero-order chi connectivity index (χ0) is 16.2. The molecule has 0 spiro atoms. The van der Waals surface area contributed by atoms with E-state index in [2.05, 4.69) is 27.4 Å². The summed E-state index contributed by atoms with van der Waals surface area (Å²) >= 11 is 1.53. The van der Waals surface area contributed by atoms with E-state index in [-0.39, 0.29) is 0 Å². The maximum Gasteiger partial charge on any atom is 0.269 e. The van der Waals surface area contributed by atoms with Crippen LogP contribution in [0.15, 0.2) is 35.0 Å². The monoisotopic (exact) mass is 330 g/mol. The van der Waals surface area contributed by atoms with Crippen molar-refractivity contribution < 1.29 is 9.26 Å². The van der Waals surface area contributed by atoms with Gasteiger partial charge >= 0.3 is 0 Å². The van der Waals surface area contributed by atoms with Gasteiger partial charge in [0, 0.05) is 18.0 Å². The highest BCUT2D eigenvalue weighted by atomic mass is 32.1.